The number of pyridine rings is 1. The molecule has 1 amide bonds. The average Bonchev–Trinajstić information content (AvgIpc) is 3.46. The fourth-order valence-electron chi connectivity index (χ4n) is 3.73. The van der Waals surface area contributed by atoms with Crippen molar-refractivity contribution in [2.24, 2.45) is 0 Å². The molecule has 7 nitrogen and oxygen atoms in total. The quantitative estimate of drug-likeness (QED) is 0.258. The molecular formula is C26H22F2N4O3S. The lowest BCUT2D eigenvalue weighted by atomic mass is 10.1. The van der Waals surface area contributed by atoms with Crippen molar-refractivity contribution in [2.45, 2.75) is 32.3 Å². The van der Waals surface area contributed by atoms with Gasteiger partial charge in [0, 0.05) is 23.1 Å². The largest absolute Gasteiger partial charge is 0.458 e. The summed E-state index contributed by atoms with van der Waals surface area (Å²) in [5, 5.41) is 5.38. The minimum Gasteiger partial charge on any atom is -0.458 e. The lowest BCUT2D eigenvalue weighted by Gasteiger charge is -2.14. The standard InChI is InChI=1S/C26H22F2N4O3S/c1-15(2)34-23-17(6-5-7-20(23)35-25(27)28)11-12-18-22(32-13-4-3-8-21(32)29-18)24(33)31-26-30-19(14-36-26)16-9-10-16/h3-8,11-14,16,25H,1,9-10H2,2H3,(H,30,31,33)/b12-11+. The first-order valence-electron chi connectivity index (χ1n) is 11.2. The predicted molar refractivity (Wildman–Crippen MR) is 135 cm³/mol. The van der Waals surface area contributed by atoms with Gasteiger partial charge < -0.3 is 9.47 Å². The van der Waals surface area contributed by atoms with Gasteiger partial charge in [-0.15, -0.1) is 11.3 Å². The fraction of sp³-hybridized carbons (Fsp3) is 0.192. The first-order chi connectivity index (χ1) is 17.4. The topological polar surface area (TPSA) is 77.8 Å². The molecule has 0 bridgehead atoms. The van der Waals surface area contributed by atoms with Crippen molar-refractivity contribution in [3.05, 3.63) is 83.0 Å². The van der Waals surface area contributed by atoms with E-state index in [1.807, 2.05) is 11.4 Å². The molecule has 0 spiro atoms. The Labute approximate surface area is 209 Å². The number of nitrogens with zero attached hydrogens (tertiary/aromatic N) is 3. The zero-order chi connectivity index (χ0) is 25.2. The van der Waals surface area contributed by atoms with Crippen LogP contribution in [0.3, 0.4) is 0 Å². The number of halogens is 2. The molecule has 1 saturated carbocycles. The van der Waals surface area contributed by atoms with Gasteiger partial charge in [-0.2, -0.15) is 8.78 Å². The maximum Gasteiger partial charge on any atom is 0.387 e. The number of allylic oxidation sites excluding steroid dienone is 1. The smallest absolute Gasteiger partial charge is 0.387 e. The Morgan fingerprint density at radius 3 is 2.81 bits per heavy atom. The highest BCUT2D eigenvalue weighted by Gasteiger charge is 2.27. The van der Waals surface area contributed by atoms with E-state index in [-0.39, 0.29) is 17.4 Å². The number of nitrogens with one attached hydrogen (secondary N) is 1. The molecule has 10 heteroatoms. The van der Waals surface area contributed by atoms with Gasteiger partial charge in [-0.05, 0) is 50.1 Å². The number of benzene rings is 1. The molecule has 3 heterocycles. The Bertz CT molecular complexity index is 1470. The van der Waals surface area contributed by atoms with Gasteiger partial charge in [0.25, 0.3) is 5.91 Å². The number of thiazole rings is 1. The average molecular weight is 509 g/mol. The minimum absolute atomic E-state index is 0.0895. The first-order valence-corrected chi connectivity index (χ1v) is 12.1. The summed E-state index contributed by atoms with van der Waals surface area (Å²) >= 11 is 1.39. The number of ether oxygens (including phenoxy) is 2. The number of imidazole rings is 1. The monoisotopic (exact) mass is 508 g/mol. The molecule has 0 radical (unpaired) electrons. The molecule has 0 aliphatic heterocycles. The van der Waals surface area contributed by atoms with Crippen LogP contribution in [0.4, 0.5) is 13.9 Å². The molecule has 4 aromatic rings. The van der Waals surface area contributed by atoms with E-state index in [2.05, 4.69) is 26.6 Å². The number of carbonyl (C=O) groups is 1. The van der Waals surface area contributed by atoms with Crippen LogP contribution in [0, 0.1) is 0 Å². The van der Waals surface area contributed by atoms with Gasteiger partial charge in [-0.25, -0.2) is 9.97 Å². The molecule has 5 rings (SSSR count). The zero-order valence-corrected chi connectivity index (χ0v) is 20.1. The number of rotatable bonds is 9. The van der Waals surface area contributed by atoms with Crippen molar-refractivity contribution in [2.75, 3.05) is 5.32 Å². The summed E-state index contributed by atoms with van der Waals surface area (Å²) in [5.74, 6) is 0.390. The van der Waals surface area contributed by atoms with E-state index in [0.717, 1.165) is 18.5 Å². The minimum atomic E-state index is -3.02. The summed E-state index contributed by atoms with van der Waals surface area (Å²) in [6.45, 7) is 2.27. The summed E-state index contributed by atoms with van der Waals surface area (Å²) in [5.41, 5.74) is 2.73. The Morgan fingerprint density at radius 1 is 1.22 bits per heavy atom. The van der Waals surface area contributed by atoms with Crippen LogP contribution in [0.1, 0.15) is 53.1 Å². The molecule has 1 aliphatic rings. The SMILES string of the molecule is C=C(C)Oc1c(/C=C/c2nc3ccccn3c2C(=O)Nc2nc(C3CC3)cs2)cccc1OC(F)F. The van der Waals surface area contributed by atoms with E-state index < -0.39 is 6.61 Å². The molecule has 184 valence electrons. The first kappa shape index (κ1) is 23.7. The van der Waals surface area contributed by atoms with Gasteiger partial charge in [0.2, 0.25) is 0 Å². The second kappa shape index (κ2) is 9.90. The van der Waals surface area contributed by atoms with Crippen molar-refractivity contribution in [3.8, 4) is 11.5 Å². The molecule has 0 unspecified atom stereocenters. The maximum absolute atomic E-state index is 13.3. The van der Waals surface area contributed by atoms with Crippen LogP contribution in [0.15, 0.2) is 60.3 Å². The Balaban J connectivity index is 1.50. The van der Waals surface area contributed by atoms with Crippen LogP contribution in [-0.2, 0) is 0 Å². The van der Waals surface area contributed by atoms with Gasteiger partial charge in [-0.1, -0.05) is 24.8 Å². The zero-order valence-electron chi connectivity index (χ0n) is 19.3. The van der Waals surface area contributed by atoms with E-state index in [9.17, 15) is 13.6 Å². The number of hydrogen-bond acceptors (Lipinski definition) is 6. The molecule has 1 fully saturated rings. The van der Waals surface area contributed by atoms with E-state index in [1.165, 1.54) is 17.4 Å². The number of carbonyl (C=O) groups excluding carboxylic acids is 1. The van der Waals surface area contributed by atoms with Gasteiger partial charge in [0.05, 0.1) is 17.1 Å². The molecule has 1 N–H and O–H groups in total. The lowest BCUT2D eigenvalue weighted by molar-refractivity contribution is -0.0511. The Morgan fingerprint density at radius 2 is 2.06 bits per heavy atom. The summed E-state index contributed by atoms with van der Waals surface area (Å²) in [6, 6.07) is 10.0. The molecule has 0 atom stereocenters. The van der Waals surface area contributed by atoms with Crippen LogP contribution < -0.4 is 14.8 Å². The van der Waals surface area contributed by atoms with Crippen LogP contribution in [0.25, 0.3) is 17.8 Å². The third-order valence-corrected chi connectivity index (χ3v) is 6.21. The number of para-hydroxylation sites is 1. The molecule has 1 aliphatic carbocycles. The predicted octanol–water partition coefficient (Wildman–Crippen LogP) is 6.60. The van der Waals surface area contributed by atoms with E-state index in [0.29, 0.717) is 39.4 Å². The molecule has 0 saturated heterocycles. The lowest BCUT2D eigenvalue weighted by Crippen LogP contribution is -2.15. The van der Waals surface area contributed by atoms with Crippen LogP contribution in [0.2, 0.25) is 0 Å². The number of fused-ring (bicyclic) bond motifs is 1. The van der Waals surface area contributed by atoms with Crippen LogP contribution in [-0.4, -0.2) is 26.9 Å². The Hall–Kier alpha value is -4.05. The van der Waals surface area contributed by atoms with Crippen molar-refractivity contribution >= 4 is 40.2 Å². The number of amides is 1. The molecule has 3 aromatic heterocycles. The number of anilines is 1. The second-order valence-corrected chi connectivity index (χ2v) is 9.13. The van der Waals surface area contributed by atoms with Crippen molar-refractivity contribution in [1.82, 2.24) is 14.4 Å². The fourth-order valence-corrected chi connectivity index (χ4v) is 4.51. The van der Waals surface area contributed by atoms with E-state index in [1.54, 1.807) is 53.9 Å². The highest BCUT2D eigenvalue weighted by atomic mass is 32.1. The van der Waals surface area contributed by atoms with Crippen molar-refractivity contribution < 1.29 is 23.0 Å². The van der Waals surface area contributed by atoms with Crippen LogP contribution >= 0.6 is 11.3 Å². The number of hydrogen-bond donors (Lipinski definition) is 1. The third kappa shape index (κ3) is 5.13. The van der Waals surface area contributed by atoms with E-state index in [4.69, 9.17) is 4.74 Å². The van der Waals surface area contributed by atoms with E-state index >= 15 is 0 Å². The van der Waals surface area contributed by atoms with Gasteiger partial charge in [0.1, 0.15) is 11.3 Å². The molecule has 36 heavy (non-hydrogen) atoms. The number of aromatic nitrogens is 3. The molecule has 1 aromatic carbocycles. The summed E-state index contributed by atoms with van der Waals surface area (Å²) in [7, 11) is 0. The van der Waals surface area contributed by atoms with Gasteiger partial charge in [-0.3, -0.25) is 14.5 Å². The third-order valence-electron chi connectivity index (χ3n) is 5.43. The second-order valence-electron chi connectivity index (χ2n) is 8.27. The van der Waals surface area contributed by atoms with Crippen LogP contribution in [0.5, 0.6) is 11.5 Å². The van der Waals surface area contributed by atoms with Gasteiger partial charge >= 0.3 is 6.61 Å². The summed E-state index contributed by atoms with van der Waals surface area (Å²) in [6.07, 6.45) is 7.26. The normalized spacial score (nSPS) is 13.4. The highest BCUT2D eigenvalue weighted by Crippen LogP contribution is 2.41. The molecular weight excluding hydrogens is 486 g/mol. The highest BCUT2D eigenvalue weighted by molar-refractivity contribution is 7.14. The van der Waals surface area contributed by atoms with Gasteiger partial charge in [0.15, 0.2) is 16.6 Å². The summed E-state index contributed by atoms with van der Waals surface area (Å²) in [4.78, 5) is 22.4. The summed E-state index contributed by atoms with van der Waals surface area (Å²) < 4.78 is 37.8. The Kier molecular flexibility index (Phi) is 6.51. The van der Waals surface area contributed by atoms with Crippen molar-refractivity contribution in [1.29, 1.82) is 0 Å². The van der Waals surface area contributed by atoms with Crippen molar-refractivity contribution in [3.63, 3.8) is 0 Å². The maximum atomic E-state index is 13.3. The number of alkyl halides is 2.